The summed E-state index contributed by atoms with van der Waals surface area (Å²) in [6, 6.07) is 0. The lowest BCUT2D eigenvalue weighted by molar-refractivity contribution is -0.0465. The molecule has 0 spiro atoms. The second-order valence-corrected chi connectivity index (χ2v) is 4.84. The summed E-state index contributed by atoms with van der Waals surface area (Å²) in [5, 5.41) is 34.4. The van der Waals surface area contributed by atoms with Crippen LogP contribution in [0.4, 0.5) is 0 Å². The molecule has 4 nitrogen and oxygen atoms in total. The van der Waals surface area contributed by atoms with E-state index in [-0.39, 0.29) is 0 Å². The Kier molecular flexibility index (Phi) is 11.4. The molecule has 100 valence electrons. The third-order valence-electron chi connectivity index (χ3n) is 1.86. The van der Waals surface area contributed by atoms with Crippen LogP contribution in [0, 0.1) is 0 Å². The first-order valence-corrected chi connectivity index (χ1v) is 5.95. The predicted octanol–water partition coefficient (Wildman–Crippen LogP) is 1.41. The largest absolute Gasteiger partial charge is 0.393 e. The average Bonchev–Trinajstić information content (AvgIpc) is 2.00. The minimum absolute atomic E-state index is 0.407. The fourth-order valence-electron chi connectivity index (χ4n) is 1.30. The Hall–Kier alpha value is -0.160. The first-order valence-electron chi connectivity index (χ1n) is 5.95. The Morgan fingerprint density at radius 1 is 1.06 bits per heavy atom. The summed E-state index contributed by atoms with van der Waals surface area (Å²) in [5.74, 6) is 0. The molecule has 0 aliphatic heterocycles. The zero-order valence-electron chi connectivity index (χ0n) is 11.0. The minimum atomic E-state index is -1.10. The Labute approximate surface area is 98.9 Å². The number of hydrogen-bond donors (Lipinski definition) is 4. The summed E-state index contributed by atoms with van der Waals surface area (Å²) in [7, 11) is 0. The lowest BCUT2D eigenvalue weighted by Gasteiger charge is -2.17. The summed E-state index contributed by atoms with van der Waals surface area (Å²) >= 11 is 0. The molecule has 0 radical (unpaired) electrons. The van der Waals surface area contributed by atoms with Crippen LogP contribution in [-0.4, -0.2) is 38.4 Å². The number of unbranched alkanes of at least 4 members (excludes halogenated alkanes) is 2. The Morgan fingerprint density at radius 2 is 1.56 bits per heavy atom. The Balaban J connectivity index is 0. The van der Waals surface area contributed by atoms with E-state index in [1.165, 1.54) is 0 Å². The molecule has 0 rings (SSSR count). The van der Waals surface area contributed by atoms with E-state index >= 15 is 0 Å². The van der Waals surface area contributed by atoms with E-state index in [2.05, 4.69) is 6.92 Å². The highest BCUT2D eigenvalue weighted by atomic mass is 16.5. The van der Waals surface area contributed by atoms with E-state index in [9.17, 15) is 0 Å². The van der Waals surface area contributed by atoms with Gasteiger partial charge in [0.25, 0.3) is 0 Å². The molecule has 4 heteroatoms. The lowest BCUT2D eigenvalue weighted by atomic mass is 10.0. The molecule has 4 N–H and O–H groups in total. The molecule has 16 heavy (non-hydrogen) atoms. The van der Waals surface area contributed by atoms with Crippen molar-refractivity contribution >= 4 is 0 Å². The molecule has 0 saturated carbocycles. The normalized spacial score (nSPS) is 13.3. The first kappa shape index (κ1) is 18.2. The molecule has 0 amide bonds. The van der Waals surface area contributed by atoms with Crippen LogP contribution in [0.1, 0.15) is 59.8 Å². The van der Waals surface area contributed by atoms with Gasteiger partial charge in [0.05, 0.1) is 11.7 Å². The van der Waals surface area contributed by atoms with Gasteiger partial charge in [-0.25, -0.2) is 0 Å². The number of aliphatic hydroxyl groups is 4. The maximum absolute atomic E-state index is 9.03. The van der Waals surface area contributed by atoms with E-state index < -0.39 is 18.0 Å². The zero-order valence-corrected chi connectivity index (χ0v) is 11.0. The van der Waals surface area contributed by atoms with Crippen molar-refractivity contribution in [2.24, 2.45) is 0 Å². The van der Waals surface area contributed by atoms with E-state index in [4.69, 9.17) is 20.4 Å². The molecule has 0 heterocycles. The highest BCUT2D eigenvalue weighted by Gasteiger charge is 2.14. The SMILES string of the molecule is CC(O)CC(C)(C)O.CCCCCC(O)O. The van der Waals surface area contributed by atoms with Gasteiger partial charge in [-0.15, -0.1) is 0 Å². The second-order valence-electron chi connectivity index (χ2n) is 4.84. The molecular formula is C12H28O4. The van der Waals surface area contributed by atoms with Crippen molar-refractivity contribution in [3.05, 3.63) is 0 Å². The van der Waals surface area contributed by atoms with Crippen molar-refractivity contribution < 1.29 is 20.4 Å². The fraction of sp³-hybridized carbons (Fsp3) is 1.00. The monoisotopic (exact) mass is 236 g/mol. The van der Waals surface area contributed by atoms with E-state index in [1.54, 1.807) is 20.8 Å². The molecule has 0 aromatic rings. The Morgan fingerprint density at radius 3 is 1.75 bits per heavy atom. The quantitative estimate of drug-likeness (QED) is 0.415. The molecule has 1 unspecified atom stereocenters. The van der Waals surface area contributed by atoms with Gasteiger partial charge >= 0.3 is 0 Å². The van der Waals surface area contributed by atoms with Gasteiger partial charge in [0.1, 0.15) is 0 Å². The molecule has 0 aromatic heterocycles. The van der Waals surface area contributed by atoms with Crippen LogP contribution in [-0.2, 0) is 0 Å². The molecular weight excluding hydrogens is 208 g/mol. The van der Waals surface area contributed by atoms with Crippen molar-refractivity contribution in [2.75, 3.05) is 0 Å². The predicted molar refractivity (Wildman–Crippen MR) is 65.0 cm³/mol. The summed E-state index contributed by atoms with van der Waals surface area (Å²) in [5.41, 5.74) is -0.728. The van der Waals surface area contributed by atoms with Gasteiger partial charge in [0.15, 0.2) is 6.29 Å². The van der Waals surface area contributed by atoms with Crippen molar-refractivity contribution in [1.82, 2.24) is 0 Å². The standard InChI is InChI=1S/2C6H14O2/c1-5(7)4-6(2,3)8;1-2-3-4-5-6(7)8/h5,7-8H,4H2,1-3H3;6-8H,2-5H2,1H3. The van der Waals surface area contributed by atoms with E-state index in [1.807, 2.05) is 0 Å². The minimum Gasteiger partial charge on any atom is -0.393 e. The topological polar surface area (TPSA) is 80.9 Å². The van der Waals surface area contributed by atoms with Crippen molar-refractivity contribution in [1.29, 1.82) is 0 Å². The van der Waals surface area contributed by atoms with Crippen molar-refractivity contribution in [3.8, 4) is 0 Å². The molecule has 0 bridgehead atoms. The van der Waals surface area contributed by atoms with Gasteiger partial charge in [-0.05, 0) is 33.6 Å². The van der Waals surface area contributed by atoms with Crippen LogP contribution < -0.4 is 0 Å². The highest BCUT2D eigenvalue weighted by Crippen LogP contribution is 2.09. The summed E-state index contributed by atoms with van der Waals surface area (Å²) in [6.07, 6.45) is 2.61. The first-order chi connectivity index (χ1) is 7.19. The second kappa shape index (κ2) is 10.0. The smallest absolute Gasteiger partial charge is 0.151 e. The fourth-order valence-corrected chi connectivity index (χ4v) is 1.30. The number of hydrogen-bond acceptors (Lipinski definition) is 4. The van der Waals surface area contributed by atoms with Crippen LogP contribution in [0.3, 0.4) is 0 Å². The van der Waals surface area contributed by atoms with Gasteiger partial charge in [0, 0.05) is 6.42 Å². The van der Waals surface area contributed by atoms with Crippen molar-refractivity contribution in [2.45, 2.75) is 77.8 Å². The third kappa shape index (κ3) is 23.6. The zero-order chi connectivity index (χ0) is 13.2. The molecule has 0 fully saturated rings. The molecule has 0 aromatic carbocycles. The van der Waals surface area contributed by atoms with E-state index in [0.717, 1.165) is 19.3 Å². The van der Waals surface area contributed by atoms with Gasteiger partial charge < -0.3 is 20.4 Å². The molecule has 0 aliphatic rings. The average molecular weight is 236 g/mol. The van der Waals surface area contributed by atoms with Crippen LogP contribution in [0.2, 0.25) is 0 Å². The summed E-state index contributed by atoms with van der Waals surface area (Å²) < 4.78 is 0. The third-order valence-corrected chi connectivity index (χ3v) is 1.86. The number of rotatable bonds is 6. The molecule has 0 saturated heterocycles. The maximum atomic E-state index is 9.03. The maximum Gasteiger partial charge on any atom is 0.151 e. The molecule has 1 atom stereocenters. The van der Waals surface area contributed by atoms with Gasteiger partial charge in [-0.2, -0.15) is 0 Å². The van der Waals surface area contributed by atoms with E-state index in [0.29, 0.717) is 12.8 Å². The van der Waals surface area contributed by atoms with Crippen LogP contribution in [0.5, 0.6) is 0 Å². The Bertz CT molecular complexity index is 138. The molecule has 0 aliphatic carbocycles. The summed E-state index contributed by atoms with van der Waals surface area (Å²) in [4.78, 5) is 0. The van der Waals surface area contributed by atoms with Gasteiger partial charge in [0.2, 0.25) is 0 Å². The van der Waals surface area contributed by atoms with Crippen molar-refractivity contribution in [3.63, 3.8) is 0 Å². The lowest BCUT2D eigenvalue weighted by Crippen LogP contribution is -2.24. The van der Waals surface area contributed by atoms with Crippen LogP contribution in [0.15, 0.2) is 0 Å². The highest BCUT2D eigenvalue weighted by molar-refractivity contribution is 4.67. The van der Waals surface area contributed by atoms with Crippen LogP contribution >= 0.6 is 0 Å². The van der Waals surface area contributed by atoms with Gasteiger partial charge in [-0.1, -0.05) is 19.8 Å². The van der Waals surface area contributed by atoms with Crippen LogP contribution in [0.25, 0.3) is 0 Å². The summed E-state index contributed by atoms with van der Waals surface area (Å²) in [6.45, 7) is 7.11. The number of aliphatic hydroxyl groups excluding tert-OH is 2. The van der Waals surface area contributed by atoms with Gasteiger partial charge in [-0.3, -0.25) is 0 Å².